The summed E-state index contributed by atoms with van der Waals surface area (Å²) in [6.07, 6.45) is 5.92. The smallest absolute Gasteiger partial charge is 0.315 e. The number of hydrogen-bond donors (Lipinski definition) is 3. The van der Waals surface area contributed by atoms with E-state index in [4.69, 9.17) is 0 Å². The Bertz CT molecular complexity index is 264. The Labute approximate surface area is 97.1 Å². The van der Waals surface area contributed by atoms with Gasteiger partial charge in [-0.2, -0.15) is 0 Å². The molecular formula is C12H22N2O2. The quantitative estimate of drug-likeness (QED) is 0.635. The molecule has 0 saturated carbocycles. The molecule has 0 aromatic heterocycles. The van der Waals surface area contributed by atoms with Crippen molar-refractivity contribution in [2.24, 2.45) is 5.92 Å². The Morgan fingerprint density at radius 2 is 2.06 bits per heavy atom. The molecule has 0 radical (unpaired) electrons. The molecule has 0 fully saturated rings. The van der Waals surface area contributed by atoms with Gasteiger partial charge in [0.2, 0.25) is 0 Å². The normalized spacial score (nSPS) is 19.8. The van der Waals surface area contributed by atoms with Gasteiger partial charge in [-0.3, -0.25) is 0 Å². The van der Waals surface area contributed by atoms with Crippen molar-refractivity contribution >= 4 is 6.03 Å². The van der Waals surface area contributed by atoms with Gasteiger partial charge in [0.05, 0.1) is 5.60 Å². The molecule has 1 aliphatic rings. The fourth-order valence-corrected chi connectivity index (χ4v) is 1.43. The maximum atomic E-state index is 11.5. The maximum Gasteiger partial charge on any atom is 0.315 e. The average molecular weight is 226 g/mol. The van der Waals surface area contributed by atoms with Crippen LogP contribution < -0.4 is 10.6 Å². The Morgan fingerprint density at radius 1 is 1.50 bits per heavy atom. The van der Waals surface area contributed by atoms with Crippen LogP contribution in [0.1, 0.15) is 33.6 Å². The molecule has 2 amide bonds. The van der Waals surface area contributed by atoms with Crippen LogP contribution in [0.2, 0.25) is 0 Å². The van der Waals surface area contributed by atoms with Crippen molar-refractivity contribution in [3.8, 4) is 0 Å². The highest BCUT2D eigenvalue weighted by Gasteiger charge is 2.25. The first-order valence-electron chi connectivity index (χ1n) is 5.83. The summed E-state index contributed by atoms with van der Waals surface area (Å²) in [5, 5.41) is 15.5. The van der Waals surface area contributed by atoms with E-state index in [9.17, 15) is 9.90 Å². The minimum atomic E-state index is -0.856. The van der Waals surface area contributed by atoms with Crippen molar-refractivity contribution < 1.29 is 9.90 Å². The average Bonchev–Trinajstić information content (AvgIpc) is 2.67. The molecular weight excluding hydrogens is 204 g/mol. The summed E-state index contributed by atoms with van der Waals surface area (Å²) in [6.45, 7) is 5.87. The van der Waals surface area contributed by atoms with E-state index in [0.29, 0.717) is 0 Å². The highest BCUT2D eigenvalue weighted by Crippen LogP contribution is 2.14. The van der Waals surface area contributed by atoms with E-state index in [0.717, 1.165) is 12.8 Å². The maximum absolute atomic E-state index is 11.5. The van der Waals surface area contributed by atoms with Crippen LogP contribution in [0.5, 0.6) is 0 Å². The molecule has 3 N–H and O–H groups in total. The molecule has 0 bridgehead atoms. The molecule has 16 heavy (non-hydrogen) atoms. The van der Waals surface area contributed by atoms with Crippen molar-refractivity contribution in [3.63, 3.8) is 0 Å². The lowest BCUT2D eigenvalue weighted by atomic mass is 9.93. The standard InChI is InChI=1S/C12H22N2O2/c1-9(2)12(3,16)8-13-11(15)14-10-6-4-5-7-10/h4-5,9-10,16H,6-8H2,1-3H3,(H2,13,14,15). The Kier molecular flexibility index (Phi) is 4.35. The van der Waals surface area contributed by atoms with E-state index in [2.05, 4.69) is 22.8 Å². The van der Waals surface area contributed by atoms with E-state index in [1.165, 1.54) is 0 Å². The molecule has 1 aliphatic carbocycles. The molecule has 4 heteroatoms. The Morgan fingerprint density at radius 3 is 2.56 bits per heavy atom. The number of rotatable bonds is 4. The first-order valence-corrected chi connectivity index (χ1v) is 5.83. The second kappa shape index (κ2) is 5.34. The van der Waals surface area contributed by atoms with Crippen molar-refractivity contribution in [2.45, 2.75) is 45.3 Å². The summed E-state index contributed by atoms with van der Waals surface area (Å²) in [4.78, 5) is 11.5. The summed E-state index contributed by atoms with van der Waals surface area (Å²) >= 11 is 0. The molecule has 0 aromatic rings. The molecule has 0 spiro atoms. The molecule has 0 aliphatic heterocycles. The SMILES string of the molecule is CC(C)C(C)(O)CNC(=O)NC1CC=CC1. The zero-order valence-electron chi connectivity index (χ0n) is 10.3. The summed E-state index contributed by atoms with van der Waals surface area (Å²) in [5.74, 6) is 0.112. The zero-order chi connectivity index (χ0) is 12.2. The number of aliphatic hydroxyl groups is 1. The minimum absolute atomic E-state index is 0.112. The lowest BCUT2D eigenvalue weighted by Gasteiger charge is -2.28. The van der Waals surface area contributed by atoms with Gasteiger partial charge >= 0.3 is 6.03 Å². The molecule has 92 valence electrons. The molecule has 0 heterocycles. The first-order chi connectivity index (χ1) is 7.42. The third-order valence-electron chi connectivity index (χ3n) is 3.19. The van der Waals surface area contributed by atoms with Crippen molar-refractivity contribution in [1.82, 2.24) is 10.6 Å². The van der Waals surface area contributed by atoms with Crippen molar-refractivity contribution in [3.05, 3.63) is 12.2 Å². The third kappa shape index (κ3) is 3.85. The Hall–Kier alpha value is -1.03. The van der Waals surface area contributed by atoms with Crippen LogP contribution in [0, 0.1) is 5.92 Å². The zero-order valence-corrected chi connectivity index (χ0v) is 10.3. The minimum Gasteiger partial charge on any atom is -0.388 e. The highest BCUT2D eigenvalue weighted by molar-refractivity contribution is 5.74. The molecule has 0 saturated heterocycles. The van der Waals surface area contributed by atoms with Crippen LogP contribution >= 0.6 is 0 Å². The van der Waals surface area contributed by atoms with Crippen LogP contribution in [0.3, 0.4) is 0 Å². The largest absolute Gasteiger partial charge is 0.388 e. The van der Waals surface area contributed by atoms with E-state index >= 15 is 0 Å². The summed E-state index contributed by atoms with van der Waals surface area (Å²) in [5.41, 5.74) is -0.856. The van der Waals surface area contributed by atoms with Gasteiger partial charge in [-0.05, 0) is 25.7 Å². The number of nitrogens with one attached hydrogen (secondary N) is 2. The van der Waals surface area contributed by atoms with E-state index in [-0.39, 0.29) is 24.5 Å². The lowest BCUT2D eigenvalue weighted by molar-refractivity contribution is 0.0165. The van der Waals surface area contributed by atoms with Gasteiger partial charge in [0.25, 0.3) is 0 Å². The van der Waals surface area contributed by atoms with Crippen LogP contribution in [0.4, 0.5) is 4.79 Å². The van der Waals surface area contributed by atoms with Crippen LogP contribution in [0.15, 0.2) is 12.2 Å². The second-order valence-corrected chi connectivity index (χ2v) is 4.98. The summed E-state index contributed by atoms with van der Waals surface area (Å²) in [7, 11) is 0. The van der Waals surface area contributed by atoms with Gasteiger partial charge in [-0.25, -0.2) is 4.79 Å². The van der Waals surface area contributed by atoms with E-state index in [1.54, 1.807) is 6.92 Å². The summed E-state index contributed by atoms with van der Waals surface area (Å²) < 4.78 is 0. The van der Waals surface area contributed by atoms with Gasteiger partial charge in [0.1, 0.15) is 0 Å². The lowest BCUT2D eigenvalue weighted by Crippen LogP contribution is -2.49. The van der Waals surface area contributed by atoms with Crippen molar-refractivity contribution in [2.75, 3.05) is 6.54 Å². The fraction of sp³-hybridized carbons (Fsp3) is 0.750. The predicted molar refractivity (Wildman–Crippen MR) is 64.2 cm³/mol. The van der Waals surface area contributed by atoms with Crippen LogP contribution in [0.25, 0.3) is 0 Å². The molecule has 0 aromatic carbocycles. The van der Waals surface area contributed by atoms with Crippen molar-refractivity contribution in [1.29, 1.82) is 0 Å². The third-order valence-corrected chi connectivity index (χ3v) is 3.19. The topological polar surface area (TPSA) is 61.4 Å². The number of carbonyl (C=O) groups is 1. The highest BCUT2D eigenvalue weighted by atomic mass is 16.3. The van der Waals surface area contributed by atoms with E-state index in [1.807, 2.05) is 13.8 Å². The first kappa shape index (κ1) is 13.0. The second-order valence-electron chi connectivity index (χ2n) is 4.98. The fourth-order valence-electron chi connectivity index (χ4n) is 1.43. The number of carbonyl (C=O) groups excluding carboxylic acids is 1. The molecule has 1 unspecified atom stereocenters. The number of urea groups is 1. The molecule has 1 atom stereocenters. The molecule has 4 nitrogen and oxygen atoms in total. The van der Waals surface area contributed by atoms with Gasteiger partial charge in [0.15, 0.2) is 0 Å². The number of amides is 2. The van der Waals surface area contributed by atoms with Gasteiger partial charge in [-0.1, -0.05) is 26.0 Å². The van der Waals surface area contributed by atoms with Crippen LogP contribution in [-0.4, -0.2) is 29.3 Å². The van der Waals surface area contributed by atoms with Gasteiger partial charge < -0.3 is 15.7 Å². The monoisotopic (exact) mass is 226 g/mol. The van der Waals surface area contributed by atoms with E-state index < -0.39 is 5.60 Å². The van der Waals surface area contributed by atoms with Gasteiger partial charge in [-0.15, -0.1) is 0 Å². The summed E-state index contributed by atoms with van der Waals surface area (Å²) in [6, 6.07) is 0.0126. The van der Waals surface area contributed by atoms with Gasteiger partial charge in [0, 0.05) is 12.6 Å². The molecule has 1 rings (SSSR count). The number of hydrogen-bond acceptors (Lipinski definition) is 2. The predicted octanol–water partition coefficient (Wildman–Crippen LogP) is 1.41. The van der Waals surface area contributed by atoms with Crippen LogP contribution in [-0.2, 0) is 0 Å². The Balaban J connectivity index is 2.24.